The molecular formula is C11H16N2O. The molecule has 1 atom stereocenters. The van der Waals surface area contributed by atoms with Gasteiger partial charge < -0.3 is 5.11 Å². The van der Waals surface area contributed by atoms with Crippen LogP contribution in [0, 0.1) is 18.8 Å². The molecule has 3 nitrogen and oxygen atoms in total. The van der Waals surface area contributed by atoms with Crippen LogP contribution in [0.25, 0.3) is 0 Å². The van der Waals surface area contributed by atoms with Gasteiger partial charge in [0.25, 0.3) is 0 Å². The molecule has 0 saturated heterocycles. The van der Waals surface area contributed by atoms with Gasteiger partial charge in [-0.25, -0.2) is 0 Å². The Morgan fingerprint density at radius 1 is 1.64 bits per heavy atom. The van der Waals surface area contributed by atoms with Crippen molar-refractivity contribution in [3.63, 3.8) is 0 Å². The van der Waals surface area contributed by atoms with Gasteiger partial charge in [-0.15, -0.1) is 11.8 Å². The van der Waals surface area contributed by atoms with E-state index in [4.69, 9.17) is 0 Å². The van der Waals surface area contributed by atoms with Crippen molar-refractivity contribution in [3.8, 4) is 11.8 Å². The van der Waals surface area contributed by atoms with Crippen LogP contribution in [0.4, 0.5) is 0 Å². The number of nitrogens with zero attached hydrogens (tertiary/aromatic N) is 2. The molecular weight excluding hydrogens is 176 g/mol. The third-order valence-electron chi connectivity index (χ3n) is 2.10. The number of aryl methyl sites for hydroxylation is 2. The van der Waals surface area contributed by atoms with Gasteiger partial charge >= 0.3 is 0 Å². The van der Waals surface area contributed by atoms with E-state index in [-0.39, 0.29) is 0 Å². The van der Waals surface area contributed by atoms with Crippen LogP contribution in [0.3, 0.4) is 0 Å². The Balaban J connectivity index is 2.62. The lowest BCUT2D eigenvalue weighted by Gasteiger charge is -2.08. The lowest BCUT2D eigenvalue weighted by atomic mass is 10.1. The molecule has 1 N–H and O–H groups in total. The summed E-state index contributed by atoms with van der Waals surface area (Å²) < 4.78 is 1.72. The summed E-state index contributed by atoms with van der Waals surface area (Å²) in [4.78, 5) is 0. The molecule has 0 spiro atoms. The highest BCUT2D eigenvalue weighted by Crippen LogP contribution is 2.17. The van der Waals surface area contributed by atoms with Crippen molar-refractivity contribution in [1.29, 1.82) is 0 Å². The SMILES string of the molecule is CC#CCCC(O)c1cc(C)nn1C. The average Bonchev–Trinajstić information content (AvgIpc) is 2.45. The normalized spacial score (nSPS) is 12.0. The van der Waals surface area contributed by atoms with Gasteiger partial charge in [0.1, 0.15) is 0 Å². The number of rotatable bonds is 3. The fourth-order valence-electron chi connectivity index (χ4n) is 1.42. The second-order valence-electron chi connectivity index (χ2n) is 3.32. The number of aromatic nitrogens is 2. The molecule has 1 aromatic rings. The van der Waals surface area contributed by atoms with Crippen molar-refractivity contribution in [3.05, 3.63) is 17.5 Å². The molecule has 0 saturated carbocycles. The largest absolute Gasteiger partial charge is 0.387 e. The molecule has 0 aliphatic rings. The van der Waals surface area contributed by atoms with Crippen molar-refractivity contribution in [2.24, 2.45) is 7.05 Å². The summed E-state index contributed by atoms with van der Waals surface area (Å²) in [6.45, 7) is 3.72. The van der Waals surface area contributed by atoms with Crippen molar-refractivity contribution in [2.45, 2.75) is 32.8 Å². The van der Waals surface area contributed by atoms with Gasteiger partial charge in [0, 0.05) is 13.5 Å². The molecule has 0 aromatic carbocycles. The maximum Gasteiger partial charge on any atom is 0.0965 e. The molecule has 76 valence electrons. The number of hydrogen-bond donors (Lipinski definition) is 1. The first kappa shape index (κ1) is 10.8. The molecule has 1 heterocycles. The first-order chi connectivity index (χ1) is 6.65. The molecule has 1 aromatic heterocycles. The molecule has 0 fully saturated rings. The summed E-state index contributed by atoms with van der Waals surface area (Å²) in [6, 6.07) is 1.91. The fraction of sp³-hybridized carbons (Fsp3) is 0.545. The van der Waals surface area contributed by atoms with E-state index in [0.717, 1.165) is 17.8 Å². The van der Waals surface area contributed by atoms with E-state index in [2.05, 4.69) is 16.9 Å². The van der Waals surface area contributed by atoms with Crippen molar-refractivity contribution in [1.82, 2.24) is 9.78 Å². The Labute approximate surface area is 84.8 Å². The first-order valence-electron chi connectivity index (χ1n) is 4.73. The zero-order valence-electron chi connectivity index (χ0n) is 8.91. The van der Waals surface area contributed by atoms with E-state index in [1.165, 1.54) is 0 Å². The van der Waals surface area contributed by atoms with E-state index in [1.54, 1.807) is 11.6 Å². The molecule has 0 bridgehead atoms. The minimum atomic E-state index is -0.456. The zero-order valence-corrected chi connectivity index (χ0v) is 8.91. The van der Waals surface area contributed by atoms with Crippen LogP contribution in [0.2, 0.25) is 0 Å². The Bertz CT molecular complexity index is 357. The van der Waals surface area contributed by atoms with E-state index in [9.17, 15) is 5.11 Å². The predicted molar refractivity (Wildman–Crippen MR) is 55.6 cm³/mol. The Kier molecular flexibility index (Phi) is 3.73. The maximum atomic E-state index is 9.81. The van der Waals surface area contributed by atoms with Gasteiger partial charge in [0.2, 0.25) is 0 Å². The van der Waals surface area contributed by atoms with Crippen molar-refractivity contribution >= 4 is 0 Å². The average molecular weight is 192 g/mol. The molecule has 0 radical (unpaired) electrons. The van der Waals surface area contributed by atoms with Crippen LogP contribution in [0.15, 0.2) is 6.07 Å². The first-order valence-corrected chi connectivity index (χ1v) is 4.73. The van der Waals surface area contributed by atoms with Gasteiger partial charge in [-0.05, 0) is 26.3 Å². The molecule has 3 heteroatoms. The minimum absolute atomic E-state index is 0.456. The number of hydrogen-bond acceptors (Lipinski definition) is 2. The van der Waals surface area contributed by atoms with Crippen molar-refractivity contribution in [2.75, 3.05) is 0 Å². The molecule has 0 aliphatic carbocycles. The molecule has 14 heavy (non-hydrogen) atoms. The van der Waals surface area contributed by atoms with Crippen molar-refractivity contribution < 1.29 is 5.11 Å². The zero-order chi connectivity index (χ0) is 10.6. The third-order valence-corrected chi connectivity index (χ3v) is 2.10. The minimum Gasteiger partial charge on any atom is -0.387 e. The van der Waals surface area contributed by atoms with Gasteiger partial charge in [0.15, 0.2) is 0 Å². The fourth-order valence-corrected chi connectivity index (χ4v) is 1.42. The summed E-state index contributed by atoms with van der Waals surface area (Å²) in [6.07, 6.45) is 0.934. The molecule has 1 unspecified atom stereocenters. The highest BCUT2D eigenvalue weighted by molar-refractivity contribution is 5.11. The van der Waals surface area contributed by atoms with Crippen LogP contribution in [0.5, 0.6) is 0 Å². The van der Waals surface area contributed by atoms with Crippen LogP contribution in [-0.4, -0.2) is 14.9 Å². The lowest BCUT2D eigenvalue weighted by molar-refractivity contribution is 0.160. The predicted octanol–water partition coefficient (Wildman–Crippen LogP) is 1.57. The summed E-state index contributed by atoms with van der Waals surface area (Å²) in [5.41, 5.74) is 1.79. The summed E-state index contributed by atoms with van der Waals surface area (Å²) in [7, 11) is 1.84. The molecule has 0 aliphatic heterocycles. The Morgan fingerprint density at radius 2 is 2.36 bits per heavy atom. The van der Waals surface area contributed by atoms with E-state index < -0.39 is 6.10 Å². The summed E-state index contributed by atoms with van der Waals surface area (Å²) >= 11 is 0. The Morgan fingerprint density at radius 3 is 2.86 bits per heavy atom. The number of aliphatic hydroxyl groups is 1. The van der Waals surface area contributed by atoms with E-state index in [0.29, 0.717) is 6.42 Å². The standard InChI is InChI=1S/C11H16N2O/c1-4-5-6-7-11(14)10-8-9(2)12-13(10)3/h8,11,14H,6-7H2,1-3H3. The van der Waals surface area contributed by atoms with Gasteiger partial charge in [0.05, 0.1) is 17.5 Å². The smallest absolute Gasteiger partial charge is 0.0965 e. The quantitative estimate of drug-likeness (QED) is 0.738. The summed E-state index contributed by atoms with van der Waals surface area (Å²) in [5.74, 6) is 5.75. The highest BCUT2D eigenvalue weighted by atomic mass is 16.3. The van der Waals surface area contributed by atoms with Gasteiger partial charge in [-0.1, -0.05) is 0 Å². The third kappa shape index (κ3) is 2.61. The highest BCUT2D eigenvalue weighted by Gasteiger charge is 2.11. The number of aliphatic hydroxyl groups excluding tert-OH is 1. The van der Waals surface area contributed by atoms with Crippen LogP contribution >= 0.6 is 0 Å². The van der Waals surface area contributed by atoms with E-state index >= 15 is 0 Å². The second kappa shape index (κ2) is 4.83. The lowest BCUT2D eigenvalue weighted by Crippen LogP contribution is -2.04. The van der Waals surface area contributed by atoms with Crippen LogP contribution in [0.1, 0.15) is 37.3 Å². The van der Waals surface area contributed by atoms with Gasteiger partial charge in [-0.3, -0.25) is 4.68 Å². The van der Waals surface area contributed by atoms with Crippen LogP contribution < -0.4 is 0 Å². The molecule has 1 rings (SSSR count). The van der Waals surface area contributed by atoms with E-state index in [1.807, 2.05) is 20.0 Å². The molecule has 0 amide bonds. The second-order valence-corrected chi connectivity index (χ2v) is 3.32. The van der Waals surface area contributed by atoms with Crippen LogP contribution in [-0.2, 0) is 7.05 Å². The van der Waals surface area contributed by atoms with Gasteiger partial charge in [-0.2, -0.15) is 5.10 Å². The maximum absolute atomic E-state index is 9.81. The topological polar surface area (TPSA) is 38.1 Å². The Hall–Kier alpha value is -1.27. The monoisotopic (exact) mass is 192 g/mol. The summed E-state index contributed by atoms with van der Waals surface area (Å²) in [5, 5.41) is 14.0.